The Kier molecular flexibility index (Phi) is 4.13. The molecule has 1 unspecified atom stereocenters. The van der Waals surface area contributed by atoms with E-state index in [0.29, 0.717) is 12.0 Å². The van der Waals surface area contributed by atoms with Crippen LogP contribution in [0, 0.1) is 12.7 Å². The maximum absolute atomic E-state index is 13.5. The summed E-state index contributed by atoms with van der Waals surface area (Å²) in [7, 11) is 0. The molecule has 0 saturated heterocycles. The highest BCUT2D eigenvalue weighted by Crippen LogP contribution is 2.25. The summed E-state index contributed by atoms with van der Waals surface area (Å²) in [5.41, 5.74) is 9.53. The van der Waals surface area contributed by atoms with Gasteiger partial charge in [0.25, 0.3) is 0 Å². The topological polar surface area (TPSA) is 26.0 Å². The van der Waals surface area contributed by atoms with Crippen LogP contribution in [0.5, 0.6) is 0 Å². The molecule has 0 aromatic heterocycles. The van der Waals surface area contributed by atoms with Crippen LogP contribution >= 0.6 is 0 Å². The Morgan fingerprint density at radius 2 is 1.89 bits per heavy atom. The number of nitrogens with two attached hydrogens (primary N) is 1. The molecule has 2 heteroatoms. The molecule has 0 aliphatic heterocycles. The van der Waals surface area contributed by atoms with E-state index in [4.69, 9.17) is 5.73 Å². The van der Waals surface area contributed by atoms with E-state index in [1.54, 1.807) is 13.0 Å². The first-order chi connectivity index (χ1) is 9.08. The molecule has 0 saturated carbocycles. The third-order valence-corrected chi connectivity index (χ3v) is 3.27. The largest absolute Gasteiger partial charge is 0.324 e. The van der Waals surface area contributed by atoms with Crippen molar-refractivity contribution in [3.8, 4) is 0 Å². The molecule has 2 rings (SSSR count). The molecule has 1 nitrogen and oxygen atoms in total. The van der Waals surface area contributed by atoms with Crippen LogP contribution in [-0.4, -0.2) is 0 Å². The highest BCUT2D eigenvalue weighted by molar-refractivity contribution is 5.64. The van der Waals surface area contributed by atoms with Crippen LogP contribution in [0.3, 0.4) is 0 Å². The molecule has 1 atom stereocenters. The summed E-state index contributed by atoms with van der Waals surface area (Å²) in [5.74, 6) is -0.202. The summed E-state index contributed by atoms with van der Waals surface area (Å²) in [6.07, 6.45) is 0.618. The third-order valence-electron chi connectivity index (χ3n) is 3.27. The molecule has 2 N–H and O–H groups in total. The van der Waals surface area contributed by atoms with Crippen LogP contribution in [0.1, 0.15) is 29.2 Å². The zero-order valence-electron chi connectivity index (χ0n) is 11.1. The van der Waals surface area contributed by atoms with Gasteiger partial charge in [-0.2, -0.15) is 0 Å². The molecule has 2 aromatic rings. The third kappa shape index (κ3) is 3.30. The normalized spacial score (nSPS) is 12.2. The van der Waals surface area contributed by atoms with Crippen molar-refractivity contribution in [1.82, 2.24) is 0 Å². The summed E-state index contributed by atoms with van der Waals surface area (Å²) in [6.45, 7) is 5.76. The second kappa shape index (κ2) is 5.81. The van der Waals surface area contributed by atoms with Crippen molar-refractivity contribution in [2.24, 2.45) is 5.73 Å². The summed E-state index contributed by atoms with van der Waals surface area (Å²) in [5, 5.41) is 0. The second-order valence-corrected chi connectivity index (χ2v) is 4.79. The predicted molar refractivity (Wildman–Crippen MR) is 78.2 cm³/mol. The van der Waals surface area contributed by atoms with Gasteiger partial charge in [0.2, 0.25) is 0 Å². The van der Waals surface area contributed by atoms with Gasteiger partial charge in [0.15, 0.2) is 0 Å². The lowest BCUT2D eigenvalue weighted by atomic mass is 9.95. The van der Waals surface area contributed by atoms with Gasteiger partial charge >= 0.3 is 0 Å². The van der Waals surface area contributed by atoms with Gasteiger partial charge in [-0.05, 0) is 41.7 Å². The number of halogens is 1. The zero-order chi connectivity index (χ0) is 13.8. The Bertz CT molecular complexity index is 575. The van der Waals surface area contributed by atoms with E-state index in [9.17, 15) is 4.39 Å². The first-order valence-corrected chi connectivity index (χ1v) is 6.33. The number of hydrogen-bond acceptors (Lipinski definition) is 1. The van der Waals surface area contributed by atoms with Crippen LogP contribution < -0.4 is 5.73 Å². The van der Waals surface area contributed by atoms with E-state index in [1.165, 1.54) is 6.07 Å². The first kappa shape index (κ1) is 13.5. The van der Waals surface area contributed by atoms with Gasteiger partial charge in [-0.25, -0.2) is 4.39 Å². The highest BCUT2D eigenvalue weighted by Gasteiger charge is 2.10. The van der Waals surface area contributed by atoms with E-state index in [2.05, 4.69) is 6.58 Å². The summed E-state index contributed by atoms with van der Waals surface area (Å²) >= 11 is 0. The van der Waals surface area contributed by atoms with Crippen molar-refractivity contribution >= 4 is 5.57 Å². The lowest BCUT2D eigenvalue weighted by Crippen LogP contribution is -2.10. The fraction of sp³-hybridized carbons (Fsp3) is 0.176. The van der Waals surface area contributed by atoms with E-state index < -0.39 is 0 Å². The zero-order valence-corrected chi connectivity index (χ0v) is 11.1. The second-order valence-electron chi connectivity index (χ2n) is 4.79. The van der Waals surface area contributed by atoms with Gasteiger partial charge in [0, 0.05) is 6.04 Å². The van der Waals surface area contributed by atoms with Gasteiger partial charge in [-0.1, -0.05) is 49.0 Å². The lowest BCUT2D eigenvalue weighted by Gasteiger charge is -2.14. The molecule has 19 heavy (non-hydrogen) atoms. The Morgan fingerprint density at radius 3 is 2.53 bits per heavy atom. The summed E-state index contributed by atoms with van der Waals surface area (Å²) < 4.78 is 13.5. The monoisotopic (exact) mass is 255 g/mol. The molecule has 0 aliphatic rings. The van der Waals surface area contributed by atoms with E-state index >= 15 is 0 Å². The summed E-state index contributed by atoms with van der Waals surface area (Å²) in [6, 6.07) is 14.9. The smallest absolute Gasteiger partial charge is 0.126 e. The number of hydrogen-bond donors (Lipinski definition) is 1. The maximum Gasteiger partial charge on any atom is 0.126 e. The van der Waals surface area contributed by atoms with Crippen LogP contribution in [0.2, 0.25) is 0 Å². The molecule has 2 aromatic carbocycles. The summed E-state index contributed by atoms with van der Waals surface area (Å²) in [4.78, 5) is 0. The number of benzene rings is 2. The maximum atomic E-state index is 13.5. The van der Waals surface area contributed by atoms with Gasteiger partial charge in [-0.15, -0.1) is 0 Å². The minimum atomic E-state index is -0.202. The Balaban J connectivity index is 2.11. The molecular weight excluding hydrogens is 237 g/mol. The van der Waals surface area contributed by atoms with Gasteiger partial charge in [0.1, 0.15) is 5.82 Å². The quantitative estimate of drug-likeness (QED) is 0.869. The molecular formula is C17H18FN. The fourth-order valence-electron chi connectivity index (χ4n) is 2.01. The molecule has 0 bridgehead atoms. The van der Waals surface area contributed by atoms with E-state index in [1.807, 2.05) is 36.4 Å². The number of aryl methyl sites for hydroxylation is 1. The molecule has 0 fully saturated rings. The van der Waals surface area contributed by atoms with Crippen molar-refractivity contribution in [3.05, 3.63) is 77.6 Å². The standard InChI is InChI=1S/C17H18FN/c1-12-8-9-15(11-16(12)18)13(2)10-17(19)14-6-4-3-5-7-14/h3-9,11,17H,2,10,19H2,1H3. The van der Waals surface area contributed by atoms with E-state index in [0.717, 1.165) is 16.7 Å². The van der Waals surface area contributed by atoms with Crippen LogP contribution in [0.25, 0.3) is 5.57 Å². The van der Waals surface area contributed by atoms with Gasteiger partial charge in [-0.3, -0.25) is 0 Å². The van der Waals surface area contributed by atoms with E-state index in [-0.39, 0.29) is 11.9 Å². The molecule has 0 radical (unpaired) electrons. The van der Waals surface area contributed by atoms with Crippen molar-refractivity contribution in [1.29, 1.82) is 0 Å². The van der Waals surface area contributed by atoms with Gasteiger partial charge in [0.05, 0.1) is 0 Å². The first-order valence-electron chi connectivity index (χ1n) is 6.33. The Hall–Kier alpha value is -1.93. The van der Waals surface area contributed by atoms with Crippen molar-refractivity contribution in [2.75, 3.05) is 0 Å². The molecule has 0 heterocycles. The van der Waals surface area contributed by atoms with Crippen molar-refractivity contribution in [2.45, 2.75) is 19.4 Å². The van der Waals surface area contributed by atoms with Gasteiger partial charge < -0.3 is 5.73 Å². The highest BCUT2D eigenvalue weighted by atomic mass is 19.1. The lowest BCUT2D eigenvalue weighted by molar-refractivity contribution is 0.617. The average molecular weight is 255 g/mol. The Morgan fingerprint density at radius 1 is 1.21 bits per heavy atom. The Labute approximate surface area is 113 Å². The predicted octanol–water partition coefficient (Wildman–Crippen LogP) is 4.24. The van der Waals surface area contributed by atoms with Crippen molar-refractivity contribution in [3.63, 3.8) is 0 Å². The number of rotatable bonds is 4. The van der Waals surface area contributed by atoms with Crippen molar-refractivity contribution < 1.29 is 4.39 Å². The molecule has 0 aliphatic carbocycles. The molecule has 0 spiro atoms. The van der Waals surface area contributed by atoms with Crippen LogP contribution in [0.4, 0.5) is 4.39 Å². The SMILES string of the molecule is C=C(CC(N)c1ccccc1)c1ccc(C)c(F)c1. The minimum absolute atomic E-state index is 0.113. The molecule has 98 valence electrons. The average Bonchev–Trinajstić information content (AvgIpc) is 2.42. The fourth-order valence-corrected chi connectivity index (χ4v) is 2.01. The minimum Gasteiger partial charge on any atom is -0.324 e. The molecule has 0 amide bonds. The van der Waals surface area contributed by atoms with Crippen LogP contribution in [0.15, 0.2) is 55.1 Å². The van der Waals surface area contributed by atoms with Crippen LogP contribution in [-0.2, 0) is 0 Å².